The Morgan fingerprint density at radius 3 is 2.80 bits per heavy atom. The minimum atomic E-state index is -0.252. The van der Waals surface area contributed by atoms with Gasteiger partial charge < -0.3 is 5.32 Å². The fourth-order valence-electron chi connectivity index (χ4n) is 1.92. The number of nitrogens with zero attached hydrogens (tertiary/aromatic N) is 3. The van der Waals surface area contributed by atoms with E-state index in [1.165, 1.54) is 6.20 Å². The number of hydrogen-bond acceptors (Lipinski definition) is 3. The average molecular weight is 267 g/mol. The molecular formula is C14H13N5O. The minimum Gasteiger partial charge on any atom is -0.304 e. The molecule has 0 spiro atoms. The predicted octanol–water partition coefficient (Wildman–Crippen LogP) is 2.16. The van der Waals surface area contributed by atoms with Gasteiger partial charge in [-0.05, 0) is 19.1 Å². The maximum absolute atomic E-state index is 12.3. The van der Waals surface area contributed by atoms with Gasteiger partial charge in [0.15, 0.2) is 5.82 Å². The second-order valence-corrected chi connectivity index (χ2v) is 4.37. The molecule has 3 rings (SSSR count). The summed E-state index contributed by atoms with van der Waals surface area (Å²) in [5.41, 5.74) is 2.22. The predicted molar refractivity (Wildman–Crippen MR) is 74.8 cm³/mol. The summed E-state index contributed by atoms with van der Waals surface area (Å²) in [7, 11) is 0. The highest BCUT2D eigenvalue weighted by Crippen LogP contribution is 2.12. The van der Waals surface area contributed by atoms with E-state index < -0.39 is 0 Å². The van der Waals surface area contributed by atoms with Crippen LogP contribution in [-0.2, 0) is 0 Å². The van der Waals surface area contributed by atoms with Gasteiger partial charge in [0.25, 0.3) is 5.91 Å². The number of carbonyl (C=O) groups excluding carboxylic acids is 1. The Labute approximate surface area is 115 Å². The molecule has 0 fully saturated rings. The lowest BCUT2D eigenvalue weighted by Gasteiger charge is -2.07. The monoisotopic (exact) mass is 267 g/mol. The standard InChI is InChI=1S/C14H13N5O/c1-10-7-13(18-17-10)16-14(20)12-8-15-9-19(12)11-5-3-2-4-6-11/h2-9H,1H3,(H2,16,17,18,20). The highest BCUT2D eigenvalue weighted by atomic mass is 16.2. The summed E-state index contributed by atoms with van der Waals surface area (Å²) < 4.78 is 1.73. The molecule has 1 amide bonds. The number of rotatable bonds is 3. The van der Waals surface area contributed by atoms with Crippen molar-refractivity contribution in [2.45, 2.75) is 6.92 Å². The van der Waals surface area contributed by atoms with Crippen molar-refractivity contribution in [2.24, 2.45) is 0 Å². The SMILES string of the molecule is Cc1cc(NC(=O)c2cncn2-c2ccccc2)n[nH]1. The summed E-state index contributed by atoms with van der Waals surface area (Å²) in [6, 6.07) is 11.3. The molecule has 0 saturated carbocycles. The Kier molecular flexibility index (Phi) is 3.04. The molecule has 2 heterocycles. The second-order valence-electron chi connectivity index (χ2n) is 4.37. The number of aromatic nitrogens is 4. The summed E-state index contributed by atoms with van der Waals surface area (Å²) in [6.45, 7) is 1.87. The Bertz CT molecular complexity index is 729. The smallest absolute Gasteiger partial charge is 0.275 e. The first-order chi connectivity index (χ1) is 9.74. The molecule has 0 saturated heterocycles. The molecule has 6 heteroatoms. The molecule has 0 aliphatic rings. The number of amides is 1. The molecule has 0 unspecified atom stereocenters. The number of hydrogen-bond donors (Lipinski definition) is 2. The maximum atomic E-state index is 12.3. The van der Waals surface area contributed by atoms with Crippen molar-refractivity contribution in [3.05, 3.63) is 60.3 Å². The second kappa shape index (κ2) is 5.00. The molecule has 0 aliphatic carbocycles. The third kappa shape index (κ3) is 2.31. The van der Waals surface area contributed by atoms with Gasteiger partial charge in [0.05, 0.1) is 12.5 Å². The number of nitrogens with one attached hydrogen (secondary N) is 2. The van der Waals surface area contributed by atoms with Crippen LogP contribution in [0.25, 0.3) is 5.69 Å². The molecular weight excluding hydrogens is 254 g/mol. The Morgan fingerprint density at radius 2 is 2.10 bits per heavy atom. The lowest BCUT2D eigenvalue weighted by atomic mass is 10.3. The molecule has 3 aromatic rings. The third-order valence-corrected chi connectivity index (χ3v) is 2.85. The first kappa shape index (κ1) is 12.2. The van der Waals surface area contributed by atoms with Crippen LogP contribution < -0.4 is 5.32 Å². The van der Waals surface area contributed by atoms with Crippen molar-refractivity contribution in [3.8, 4) is 5.69 Å². The van der Waals surface area contributed by atoms with E-state index in [2.05, 4.69) is 20.5 Å². The lowest BCUT2D eigenvalue weighted by Crippen LogP contribution is -2.16. The molecule has 2 aromatic heterocycles. The summed E-state index contributed by atoms with van der Waals surface area (Å²) in [4.78, 5) is 16.3. The molecule has 1 aromatic carbocycles. The van der Waals surface area contributed by atoms with E-state index in [0.717, 1.165) is 11.4 Å². The molecule has 6 nitrogen and oxygen atoms in total. The minimum absolute atomic E-state index is 0.252. The van der Waals surface area contributed by atoms with Crippen LogP contribution in [0.5, 0.6) is 0 Å². The van der Waals surface area contributed by atoms with Crippen LogP contribution >= 0.6 is 0 Å². The van der Waals surface area contributed by atoms with Crippen LogP contribution in [0.3, 0.4) is 0 Å². The van der Waals surface area contributed by atoms with Crippen molar-refractivity contribution < 1.29 is 4.79 Å². The van der Waals surface area contributed by atoms with Crippen molar-refractivity contribution in [3.63, 3.8) is 0 Å². The Hall–Kier alpha value is -2.89. The van der Waals surface area contributed by atoms with Crippen LogP contribution in [0.1, 0.15) is 16.2 Å². The maximum Gasteiger partial charge on any atom is 0.275 e. The molecule has 0 atom stereocenters. The summed E-state index contributed by atoms with van der Waals surface area (Å²) >= 11 is 0. The van der Waals surface area contributed by atoms with Gasteiger partial charge in [0, 0.05) is 17.4 Å². The van der Waals surface area contributed by atoms with E-state index >= 15 is 0 Å². The van der Waals surface area contributed by atoms with E-state index in [0.29, 0.717) is 11.5 Å². The normalized spacial score (nSPS) is 10.4. The molecule has 0 bridgehead atoms. The summed E-state index contributed by atoms with van der Waals surface area (Å²) in [6.07, 6.45) is 3.14. The number of aryl methyl sites for hydroxylation is 1. The van der Waals surface area contributed by atoms with Crippen LogP contribution in [0, 0.1) is 6.92 Å². The number of aromatic amines is 1. The van der Waals surface area contributed by atoms with Gasteiger partial charge in [-0.1, -0.05) is 18.2 Å². The first-order valence-corrected chi connectivity index (χ1v) is 6.15. The largest absolute Gasteiger partial charge is 0.304 e. The van der Waals surface area contributed by atoms with Gasteiger partial charge >= 0.3 is 0 Å². The number of imidazole rings is 1. The van der Waals surface area contributed by atoms with Gasteiger partial charge in [-0.3, -0.25) is 14.5 Å². The lowest BCUT2D eigenvalue weighted by molar-refractivity contribution is 0.102. The van der Waals surface area contributed by atoms with Gasteiger partial charge in [0.2, 0.25) is 0 Å². The van der Waals surface area contributed by atoms with Crippen molar-refractivity contribution in [1.29, 1.82) is 0 Å². The van der Waals surface area contributed by atoms with Crippen molar-refractivity contribution in [2.75, 3.05) is 5.32 Å². The zero-order chi connectivity index (χ0) is 13.9. The molecule has 0 radical (unpaired) electrons. The van der Waals surface area contributed by atoms with E-state index in [-0.39, 0.29) is 5.91 Å². The number of anilines is 1. The fourth-order valence-corrected chi connectivity index (χ4v) is 1.92. The Balaban J connectivity index is 1.88. The van der Waals surface area contributed by atoms with Crippen molar-refractivity contribution >= 4 is 11.7 Å². The molecule has 2 N–H and O–H groups in total. The van der Waals surface area contributed by atoms with Gasteiger partial charge in [0.1, 0.15) is 5.69 Å². The fraction of sp³-hybridized carbons (Fsp3) is 0.0714. The van der Waals surface area contributed by atoms with Crippen LogP contribution in [-0.4, -0.2) is 25.7 Å². The Morgan fingerprint density at radius 1 is 1.30 bits per heavy atom. The van der Waals surface area contributed by atoms with Crippen LogP contribution in [0.15, 0.2) is 48.9 Å². The van der Waals surface area contributed by atoms with E-state index in [9.17, 15) is 4.79 Å². The molecule has 100 valence electrons. The van der Waals surface area contributed by atoms with Gasteiger partial charge in [-0.15, -0.1) is 0 Å². The highest BCUT2D eigenvalue weighted by Gasteiger charge is 2.14. The summed E-state index contributed by atoms with van der Waals surface area (Å²) in [5, 5.41) is 9.49. The van der Waals surface area contributed by atoms with Crippen molar-refractivity contribution in [1.82, 2.24) is 19.7 Å². The van der Waals surface area contributed by atoms with Gasteiger partial charge in [-0.25, -0.2) is 4.98 Å². The number of H-pyrrole nitrogens is 1. The van der Waals surface area contributed by atoms with E-state index in [4.69, 9.17) is 0 Å². The zero-order valence-electron chi connectivity index (χ0n) is 10.9. The third-order valence-electron chi connectivity index (χ3n) is 2.85. The highest BCUT2D eigenvalue weighted by molar-refractivity contribution is 6.02. The first-order valence-electron chi connectivity index (χ1n) is 6.15. The quantitative estimate of drug-likeness (QED) is 0.763. The molecule has 0 aliphatic heterocycles. The molecule has 20 heavy (non-hydrogen) atoms. The van der Waals surface area contributed by atoms with Crippen LogP contribution in [0.4, 0.5) is 5.82 Å². The van der Waals surface area contributed by atoms with E-state index in [1.807, 2.05) is 37.3 Å². The average Bonchev–Trinajstić information content (AvgIpc) is 3.09. The topological polar surface area (TPSA) is 75.6 Å². The summed E-state index contributed by atoms with van der Waals surface area (Å²) in [5.74, 6) is 0.242. The number of carbonyl (C=O) groups is 1. The van der Waals surface area contributed by atoms with E-state index in [1.54, 1.807) is 17.0 Å². The van der Waals surface area contributed by atoms with Crippen LogP contribution in [0.2, 0.25) is 0 Å². The zero-order valence-corrected chi connectivity index (χ0v) is 10.9. The number of para-hydroxylation sites is 1. The number of benzene rings is 1. The van der Waals surface area contributed by atoms with Gasteiger partial charge in [-0.2, -0.15) is 5.10 Å².